The molecule has 0 saturated heterocycles. The predicted molar refractivity (Wildman–Crippen MR) is 115 cm³/mol. The Morgan fingerprint density at radius 2 is 1.90 bits per heavy atom. The van der Waals surface area contributed by atoms with Crippen LogP contribution in [0.25, 0.3) is 5.70 Å². The second-order valence-electron chi connectivity index (χ2n) is 7.21. The van der Waals surface area contributed by atoms with Gasteiger partial charge in [-0.05, 0) is 49.4 Å². The van der Waals surface area contributed by atoms with Gasteiger partial charge in [0.25, 0.3) is 0 Å². The number of ether oxygens (including phenoxy) is 4. The van der Waals surface area contributed by atoms with Crippen molar-refractivity contribution in [1.82, 2.24) is 10.4 Å². The second kappa shape index (κ2) is 7.92. The third-order valence-electron chi connectivity index (χ3n) is 5.47. The maximum Gasteiger partial charge on any atom is 0.199 e. The van der Waals surface area contributed by atoms with Gasteiger partial charge in [-0.15, -0.1) is 0 Å². The Hall–Kier alpha value is -3.58. The Labute approximate surface area is 180 Å². The summed E-state index contributed by atoms with van der Waals surface area (Å²) in [6.45, 7) is 2.51. The van der Waals surface area contributed by atoms with Gasteiger partial charge in [0.2, 0.25) is 0 Å². The lowest BCUT2D eigenvalue weighted by molar-refractivity contribution is -0.0360. The first-order chi connectivity index (χ1) is 15.2. The zero-order valence-corrected chi connectivity index (χ0v) is 17.6. The molecular weight excluding hydrogens is 396 g/mol. The summed E-state index contributed by atoms with van der Waals surface area (Å²) >= 11 is 0. The number of nitrogens with one attached hydrogen (secondary N) is 1. The van der Waals surface area contributed by atoms with E-state index < -0.39 is 6.23 Å². The summed E-state index contributed by atoms with van der Waals surface area (Å²) in [5.74, 6) is 3.62. The molecule has 2 aliphatic rings. The fourth-order valence-electron chi connectivity index (χ4n) is 4.07. The molecule has 0 saturated carbocycles. The Morgan fingerprint density at radius 3 is 2.65 bits per heavy atom. The van der Waals surface area contributed by atoms with Crippen molar-refractivity contribution in [3.05, 3.63) is 77.8 Å². The van der Waals surface area contributed by atoms with E-state index in [1.54, 1.807) is 20.5 Å². The van der Waals surface area contributed by atoms with Gasteiger partial charge in [-0.2, -0.15) is 5.01 Å². The summed E-state index contributed by atoms with van der Waals surface area (Å²) in [5.41, 5.74) is 6.19. The molecule has 5 rings (SSSR count). The molecule has 7 nitrogen and oxygen atoms in total. The van der Waals surface area contributed by atoms with Gasteiger partial charge in [0, 0.05) is 5.56 Å². The molecule has 7 heteroatoms. The van der Waals surface area contributed by atoms with Crippen molar-refractivity contribution in [2.75, 3.05) is 20.8 Å². The highest BCUT2D eigenvalue weighted by molar-refractivity contribution is 5.65. The molecular formula is C24H24N2O5. The Kier molecular flexibility index (Phi) is 4.95. The molecule has 0 fully saturated rings. The largest absolute Gasteiger partial charge is 0.497 e. The number of methoxy groups -OCH3 is 2. The van der Waals surface area contributed by atoms with Crippen LogP contribution in [-0.2, 0) is 0 Å². The Morgan fingerprint density at radius 1 is 1.00 bits per heavy atom. The van der Waals surface area contributed by atoms with E-state index >= 15 is 0 Å². The van der Waals surface area contributed by atoms with Crippen LogP contribution in [0.15, 0.2) is 65.3 Å². The maximum atomic E-state index is 6.56. The summed E-state index contributed by atoms with van der Waals surface area (Å²) in [5, 5.41) is 2.05. The number of hydrogen-bond donors (Lipinski definition) is 1. The molecule has 3 heterocycles. The van der Waals surface area contributed by atoms with E-state index in [2.05, 4.69) is 17.6 Å². The highest BCUT2D eigenvalue weighted by Gasteiger charge is 2.43. The molecule has 0 radical (unpaired) electrons. The van der Waals surface area contributed by atoms with E-state index in [0.717, 1.165) is 34.1 Å². The quantitative estimate of drug-likeness (QED) is 0.621. The predicted octanol–water partition coefficient (Wildman–Crippen LogP) is 4.69. The molecule has 2 atom stereocenters. The van der Waals surface area contributed by atoms with Crippen molar-refractivity contribution in [3.63, 3.8) is 0 Å². The molecule has 1 aromatic heterocycles. The average Bonchev–Trinajstić information content (AvgIpc) is 3.49. The molecule has 2 unspecified atom stereocenters. The summed E-state index contributed by atoms with van der Waals surface area (Å²) in [4.78, 5) is 0. The number of hydrazine groups is 1. The number of rotatable bonds is 6. The average molecular weight is 420 g/mol. The number of hydrogen-bond acceptors (Lipinski definition) is 7. The molecule has 3 aromatic rings. The lowest BCUT2D eigenvalue weighted by Gasteiger charge is -2.39. The number of furan rings is 1. The van der Waals surface area contributed by atoms with Crippen LogP contribution in [0.2, 0.25) is 0 Å². The summed E-state index contributed by atoms with van der Waals surface area (Å²) < 4.78 is 29.2. The van der Waals surface area contributed by atoms with Gasteiger partial charge in [-0.1, -0.05) is 12.1 Å². The minimum absolute atomic E-state index is 0.0924. The van der Waals surface area contributed by atoms with Gasteiger partial charge < -0.3 is 28.8 Å². The molecule has 0 aliphatic carbocycles. The molecule has 2 aromatic carbocycles. The number of benzene rings is 2. The third kappa shape index (κ3) is 3.27. The van der Waals surface area contributed by atoms with Crippen LogP contribution in [0.3, 0.4) is 0 Å². The zero-order valence-electron chi connectivity index (χ0n) is 17.6. The van der Waals surface area contributed by atoms with Crippen molar-refractivity contribution in [2.45, 2.75) is 19.2 Å². The molecule has 31 heavy (non-hydrogen) atoms. The van der Waals surface area contributed by atoms with Gasteiger partial charge in [0.05, 0.1) is 44.4 Å². The SMILES string of the molecule is CCOc1cccc2c1OC(c1cc(OC)ccc1OC)N1NC(c3ccco3)=CC21. The lowest BCUT2D eigenvalue weighted by atomic mass is 10.0. The van der Waals surface area contributed by atoms with Gasteiger partial charge >= 0.3 is 0 Å². The van der Waals surface area contributed by atoms with Crippen molar-refractivity contribution >= 4 is 5.70 Å². The Bertz CT molecular complexity index is 1110. The van der Waals surface area contributed by atoms with Crippen LogP contribution in [-0.4, -0.2) is 25.8 Å². The first kappa shape index (κ1) is 19.4. The summed E-state index contributed by atoms with van der Waals surface area (Å²) in [6.07, 6.45) is 3.30. The first-order valence-corrected chi connectivity index (χ1v) is 10.2. The van der Waals surface area contributed by atoms with Crippen LogP contribution >= 0.6 is 0 Å². The second-order valence-corrected chi connectivity index (χ2v) is 7.21. The minimum atomic E-state index is -0.493. The van der Waals surface area contributed by atoms with E-state index in [-0.39, 0.29) is 6.04 Å². The number of fused-ring (bicyclic) bond motifs is 3. The Balaban J connectivity index is 1.65. The third-order valence-corrected chi connectivity index (χ3v) is 5.47. The topological polar surface area (TPSA) is 65.3 Å². The van der Waals surface area contributed by atoms with Crippen LogP contribution in [0.4, 0.5) is 0 Å². The zero-order chi connectivity index (χ0) is 21.4. The van der Waals surface area contributed by atoms with Gasteiger partial charge in [0.1, 0.15) is 11.5 Å². The molecule has 160 valence electrons. The fourth-order valence-corrected chi connectivity index (χ4v) is 4.07. The van der Waals surface area contributed by atoms with Crippen molar-refractivity contribution in [3.8, 4) is 23.0 Å². The summed E-state index contributed by atoms with van der Waals surface area (Å²) in [6, 6.07) is 15.4. The first-order valence-electron chi connectivity index (χ1n) is 10.2. The monoisotopic (exact) mass is 420 g/mol. The molecule has 0 bridgehead atoms. The highest BCUT2D eigenvalue weighted by atomic mass is 16.5. The van der Waals surface area contributed by atoms with Gasteiger partial charge in [0.15, 0.2) is 23.5 Å². The van der Waals surface area contributed by atoms with E-state index in [0.29, 0.717) is 18.1 Å². The molecule has 2 aliphatic heterocycles. The standard InChI is InChI=1S/C24H24N2O5/c1-4-29-22-8-5-7-16-19-14-18(21-9-6-12-30-21)25-26(19)24(31-23(16)22)17-13-15(27-2)10-11-20(17)28-3/h5-14,19,24-25H,4H2,1-3H3. The summed E-state index contributed by atoms with van der Waals surface area (Å²) in [7, 11) is 3.29. The van der Waals surface area contributed by atoms with Crippen molar-refractivity contribution < 1.29 is 23.4 Å². The highest BCUT2D eigenvalue weighted by Crippen LogP contribution is 2.50. The number of para-hydroxylation sites is 1. The van der Waals surface area contributed by atoms with Crippen LogP contribution in [0.5, 0.6) is 23.0 Å². The maximum absolute atomic E-state index is 6.56. The lowest BCUT2D eigenvalue weighted by Crippen LogP contribution is -2.43. The van der Waals surface area contributed by atoms with Crippen LogP contribution < -0.4 is 24.4 Å². The fraction of sp³-hybridized carbons (Fsp3) is 0.250. The van der Waals surface area contributed by atoms with E-state index in [1.807, 2.05) is 54.4 Å². The minimum Gasteiger partial charge on any atom is -0.497 e. The van der Waals surface area contributed by atoms with E-state index in [4.69, 9.17) is 23.4 Å². The van der Waals surface area contributed by atoms with E-state index in [9.17, 15) is 0 Å². The van der Waals surface area contributed by atoms with Gasteiger partial charge in [-0.25, -0.2) is 0 Å². The van der Waals surface area contributed by atoms with Gasteiger partial charge in [-0.3, -0.25) is 0 Å². The van der Waals surface area contributed by atoms with Crippen LogP contribution in [0.1, 0.15) is 36.1 Å². The van der Waals surface area contributed by atoms with Crippen molar-refractivity contribution in [1.29, 1.82) is 0 Å². The van der Waals surface area contributed by atoms with E-state index in [1.165, 1.54) is 0 Å². The van der Waals surface area contributed by atoms with Crippen molar-refractivity contribution in [2.24, 2.45) is 0 Å². The smallest absolute Gasteiger partial charge is 0.199 e. The number of nitrogens with zero attached hydrogens (tertiary/aromatic N) is 1. The normalized spacial score (nSPS) is 19.5. The molecule has 1 N–H and O–H groups in total. The molecule has 0 amide bonds. The van der Waals surface area contributed by atoms with Crippen LogP contribution in [0, 0.1) is 0 Å². The molecule has 0 spiro atoms.